The normalized spacial score (nSPS) is 25.2. The molecule has 0 aromatic heterocycles. The summed E-state index contributed by atoms with van der Waals surface area (Å²) in [6.45, 7) is 14.4. The number of methoxy groups -OCH3 is 2. The zero-order valence-corrected chi connectivity index (χ0v) is 54.0. The Bertz CT molecular complexity index is 2940. The second kappa shape index (κ2) is 30.7. The Balaban J connectivity index is 1.14. The third kappa shape index (κ3) is 18.5. The topological polar surface area (TPSA) is 289 Å². The predicted molar refractivity (Wildman–Crippen MR) is 329 cm³/mol. The van der Waals surface area contributed by atoms with Gasteiger partial charge in [-0.15, -0.1) is 0 Å². The predicted octanol–water partition coefficient (Wildman–Crippen LogP) is 8.04. The van der Waals surface area contributed by atoms with Crippen LogP contribution in [0.4, 0.5) is 10.5 Å². The number of Topliss-reactive ketones (excluding diaryl/α,β-unsaturated/α-hetero) is 2. The van der Waals surface area contributed by atoms with E-state index in [0.29, 0.717) is 49.1 Å². The summed E-state index contributed by atoms with van der Waals surface area (Å²) in [5.41, 5.74) is 4.33. The molecule has 2 aromatic carbocycles. The number of carbonyl (C=O) groups excluding carboxylic acids is 9. The number of epoxide rings is 1. The summed E-state index contributed by atoms with van der Waals surface area (Å²) in [5.74, 6) is -4.91. The molecule has 2 saturated heterocycles. The number of nitrogens with one attached hydrogen (secondary N) is 2. The summed E-state index contributed by atoms with van der Waals surface area (Å²) >= 11 is 6.86. The number of anilines is 1. The maximum absolute atomic E-state index is 14.5. The zero-order valence-electron chi connectivity index (χ0n) is 53.2. The molecular weight excluding hydrogens is 1150 g/mol. The van der Waals surface area contributed by atoms with E-state index in [1.165, 1.54) is 50.1 Å². The van der Waals surface area contributed by atoms with Gasteiger partial charge in [0, 0.05) is 70.8 Å². The minimum Gasteiger partial charge on any atom is -0.495 e. The molecule has 10 atom stereocenters. The first-order valence-electron chi connectivity index (χ1n) is 30.7. The molecule has 3 heterocycles. The first kappa shape index (κ1) is 70.4. The SMILES string of the molecule is COc1cc2cc(c1Cl)N(C)C(=O)C[C@H](OC(=O)[C@H](C)N(C)C(=O)c1ccc(CC(=O)[C@H](CCCNC(N)=O)NC(=O)[C@@H](CC(=O)CCCCC(C)(C)OC(=O)C3CCC3)C(C)C)cc1)[C@]1(C)O[C@H]1[C@H](C)[C@@H]1C[C@@](O)(CC(=O)O1)[C@H](OC)/C=C/C=C(\C)C2. The van der Waals surface area contributed by atoms with Crippen molar-refractivity contribution < 1.29 is 76.7 Å². The number of nitrogens with zero attached hydrogens (tertiary/aromatic N) is 2. The third-order valence-electron chi connectivity index (χ3n) is 17.9. The molecule has 3 aliphatic heterocycles. The third-order valence-corrected chi connectivity index (χ3v) is 18.2. The van der Waals surface area contributed by atoms with Gasteiger partial charge in [-0.25, -0.2) is 9.59 Å². The van der Waals surface area contributed by atoms with Gasteiger partial charge in [0.05, 0.1) is 43.7 Å². The number of urea groups is 1. The summed E-state index contributed by atoms with van der Waals surface area (Å²) in [7, 11) is 5.88. The molecule has 1 saturated carbocycles. The van der Waals surface area contributed by atoms with E-state index in [1.807, 2.05) is 40.7 Å². The molecule has 0 radical (unpaired) electrons. The van der Waals surface area contributed by atoms with Gasteiger partial charge >= 0.3 is 23.9 Å². The number of nitrogens with two attached hydrogens (primary N) is 1. The standard InChI is InChI=1S/C66H92ClN5O16/c1-38(2)47(34-46(73)21-13-14-28-64(6,7)88-62(80)45-19-16-20-45)59(77)70-48(22-17-29-69-63(68)81)50(74)32-42-24-26-44(27-25-42)60(78)71(9)41(5)61(79)86-54-35-55(75)72(10)49-31-43(33-51(83-11)57(49)67)30-39(3)18-15-23-53(84-12)66(82)36-52(85-56(76)37-66)40(4)58-65(54,8)87-58/h15,18,23-27,31,33,38,40-41,45,47-48,52-54,58,82H,13-14,16-17,19-22,28-30,32,34-37H2,1-12H3,(H,70,77)(H3,68,69,81)/b23-15+,39-18+/t40-,41+,47+,48+,52+,53-,54+,58+,65+,66-/m1/s1. The maximum atomic E-state index is 14.5. The number of ether oxygens (including phenoxy) is 6. The number of aliphatic hydroxyl groups is 1. The van der Waals surface area contributed by atoms with Crippen LogP contribution in [0.1, 0.15) is 160 Å². The molecule has 6 rings (SSSR count). The average Bonchev–Trinajstić information content (AvgIpc) is 1.66. The van der Waals surface area contributed by atoms with E-state index in [0.717, 1.165) is 30.4 Å². The van der Waals surface area contributed by atoms with Crippen molar-refractivity contribution in [3.05, 3.63) is 81.9 Å². The van der Waals surface area contributed by atoms with Gasteiger partial charge in [0.2, 0.25) is 11.8 Å². The first-order valence-corrected chi connectivity index (χ1v) is 31.0. The highest BCUT2D eigenvalue weighted by molar-refractivity contribution is 6.35. The van der Waals surface area contributed by atoms with Crippen molar-refractivity contribution >= 4 is 70.5 Å². The lowest BCUT2D eigenvalue weighted by atomic mass is 9.78. The molecule has 88 heavy (non-hydrogen) atoms. The number of ketones is 2. The molecule has 0 spiro atoms. The van der Waals surface area contributed by atoms with Gasteiger partial charge in [0.1, 0.15) is 57.7 Å². The zero-order chi connectivity index (χ0) is 65.0. The molecule has 484 valence electrons. The van der Waals surface area contributed by atoms with E-state index in [4.69, 9.17) is 45.8 Å². The van der Waals surface area contributed by atoms with Gasteiger partial charge in [0.25, 0.3) is 5.91 Å². The summed E-state index contributed by atoms with van der Waals surface area (Å²) in [4.78, 5) is 124. The first-order chi connectivity index (χ1) is 41.4. The fourth-order valence-electron chi connectivity index (χ4n) is 11.7. The highest BCUT2D eigenvalue weighted by atomic mass is 35.5. The van der Waals surface area contributed by atoms with Gasteiger partial charge in [0.15, 0.2) is 5.78 Å². The Morgan fingerprint density at radius 1 is 1.01 bits per heavy atom. The van der Waals surface area contributed by atoms with Gasteiger partial charge in [-0.2, -0.15) is 0 Å². The number of hydrogen-bond donors (Lipinski definition) is 4. The molecular formula is C66H92ClN5O16. The lowest BCUT2D eigenvalue weighted by Crippen LogP contribution is -2.53. The molecule has 4 aliphatic rings. The largest absolute Gasteiger partial charge is 0.495 e. The van der Waals surface area contributed by atoms with E-state index < -0.39 is 107 Å². The van der Waals surface area contributed by atoms with E-state index >= 15 is 0 Å². The highest BCUT2D eigenvalue weighted by Crippen LogP contribution is 2.50. The Morgan fingerprint density at radius 3 is 2.33 bits per heavy atom. The lowest BCUT2D eigenvalue weighted by molar-refractivity contribution is -0.187. The van der Waals surface area contributed by atoms with Crippen molar-refractivity contribution in [2.75, 3.05) is 39.8 Å². The number of rotatable bonds is 25. The fourth-order valence-corrected chi connectivity index (χ4v) is 12.0. The van der Waals surface area contributed by atoms with Crippen LogP contribution in [0.15, 0.2) is 60.2 Å². The van der Waals surface area contributed by atoms with Crippen LogP contribution in [0.3, 0.4) is 0 Å². The van der Waals surface area contributed by atoms with Crippen molar-refractivity contribution in [2.24, 2.45) is 29.4 Å². The quantitative estimate of drug-likeness (QED) is 0.0317. The Kier molecular flexibility index (Phi) is 24.6. The average molecular weight is 1250 g/mol. The Hall–Kier alpha value is -6.68. The number of hydrogen-bond acceptors (Lipinski definition) is 16. The second-order valence-electron chi connectivity index (χ2n) is 25.6. The molecule has 5 amide bonds. The molecule has 4 bridgehead atoms. The number of halogens is 1. The van der Waals surface area contributed by atoms with E-state index in [-0.39, 0.29) is 85.0 Å². The van der Waals surface area contributed by atoms with Gasteiger partial charge in [-0.3, -0.25) is 33.6 Å². The van der Waals surface area contributed by atoms with Crippen molar-refractivity contribution in [2.45, 2.75) is 205 Å². The second-order valence-corrected chi connectivity index (χ2v) is 26.0. The minimum absolute atomic E-state index is 0.0109. The van der Waals surface area contributed by atoms with Crippen LogP contribution in [0.5, 0.6) is 5.75 Å². The van der Waals surface area contributed by atoms with Gasteiger partial charge in [-0.05, 0) is 127 Å². The van der Waals surface area contributed by atoms with E-state index in [1.54, 1.807) is 57.3 Å². The molecule has 3 fully saturated rings. The smallest absolute Gasteiger partial charge is 0.328 e. The molecule has 1 aliphatic carbocycles. The van der Waals surface area contributed by atoms with E-state index in [9.17, 15) is 48.3 Å². The van der Waals surface area contributed by atoms with Crippen LogP contribution in [0.25, 0.3) is 0 Å². The molecule has 2 aromatic rings. The maximum Gasteiger partial charge on any atom is 0.328 e. The monoisotopic (exact) mass is 1250 g/mol. The summed E-state index contributed by atoms with van der Waals surface area (Å²) in [6.07, 6.45) is 6.24. The number of primary amides is 1. The van der Waals surface area contributed by atoms with Crippen LogP contribution < -0.4 is 26.0 Å². The number of amides is 5. The molecule has 0 unspecified atom stereocenters. The van der Waals surface area contributed by atoms with Gasteiger partial charge in [-0.1, -0.05) is 74.7 Å². The minimum atomic E-state index is -1.66. The van der Waals surface area contributed by atoms with E-state index in [2.05, 4.69) is 10.6 Å². The molecule has 5 N–H and O–H groups in total. The van der Waals surface area contributed by atoms with Crippen molar-refractivity contribution in [1.82, 2.24) is 15.5 Å². The number of carbonyl (C=O) groups is 9. The summed E-state index contributed by atoms with van der Waals surface area (Å²) in [5, 5.41) is 17.6. The van der Waals surface area contributed by atoms with Gasteiger partial charge < -0.3 is 59.7 Å². The van der Waals surface area contributed by atoms with Crippen molar-refractivity contribution in [1.29, 1.82) is 0 Å². The Labute approximate surface area is 522 Å². The summed E-state index contributed by atoms with van der Waals surface area (Å²) in [6, 6.07) is 6.79. The van der Waals surface area contributed by atoms with Crippen LogP contribution in [-0.4, -0.2) is 151 Å². The number of fused-ring (bicyclic) bond motifs is 5. The number of likely N-dealkylation sites (N-methyl/N-ethyl adjacent to an activating group) is 1. The number of benzene rings is 2. The molecule has 22 heteroatoms. The highest BCUT2D eigenvalue weighted by Gasteiger charge is 2.64. The van der Waals surface area contributed by atoms with Crippen molar-refractivity contribution in [3.8, 4) is 5.75 Å². The lowest BCUT2D eigenvalue weighted by Gasteiger charge is -2.41. The Morgan fingerprint density at radius 2 is 1.70 bits per heavy atom. The fraction of sp³-hybridized carbons (Fsp3) is 0.621. The van der Waals surface area contributed by atoms with Crippen LogP contribution in [0, 0.1) is 23.7 Å². The number of allylic oxidation sites excluding steroid dienone is 3. The summed E-state index contributed by atoms with van der Waals surface area (Å²) < 4.78 is 35.6. The molecule has 21 nitrogen and oxygen atoms in total. The number of esters is 3. The van der Waals surface area contributed by atoms with Crippen LogP contribution in [-0.2, 0) is 70.1 Å². The number of unbranched alkanes of at least 4 members (excludes halogenated alkanes) is 1. The van der Waals surface area contributed by atoms with Crippen molar-refractivity contribution in [3.63, 3.8) is 0 Å². The van der Waals surface area contributed by atoms with Crippen LogP contribution >= 0.6 is 11.6 Å². The van der Waals surface area contributed by atoms with Crippen LogP contribution in [0.2, 0.25) is 5.02 Å².